The van der Waals surface area contributed by atoms with E-state index in [4.69, 9.17) is 4.74 Å². The van der Waals surface area contributed by atoms with Crippen LogP contribution in [-0.4, -0.2) is 49.2 Å². The minimum atomic E-state index is -0.557. The van der Waals surface area contributed by atoms with Crippen LogP contribution in [0.5, 0.6) is 5.75 Å². The third kappa shape index (κ3) is 5.95. The summed E-state index contributed by atoms with van der Waals surface area (Å²) in [6.07, 6.45) is -0.557. The van der Waals surface area contributed by atoms with E-state index in [1.807, 2.05) is 62.3 Å². The molecule has 1 unspecified atom stereocenters. The van der Waals surface area contributed by atoms with Gasteiger partial charge in [0, 0.05) is 38.9 Å². The maximum atomic E-state index is 12.1. The first-order chi connectivity index (χ1) is 12.0. The van der Waals surface area contributed by atoms with Crippen molar-refractivity contribution < 1.29 is 9.53 Å². The first-order valence-corrected chi connectivity index (χ1v) is 8.22. The second kappa shape index (κ2) is 8.86. The van der Waals surface area contributed by atoms with Gasteiger partial charge in [-0.2, -0.15) is 4.98 Å². The molecule has 0 spiro atoms. The van der Waals surface area contributed by atoms with Crippen LogP contribution in [0.15, 0.2) is 36.4 Å². The van der Waals surface area contributed by atoms with Gasteiger partial charge in [-0.25, -0.2) is 4.98 Å². The number of carbonyl (C=O) groups is 1. The summed E-state index contributed by atoms with van der Waals surface area (Å²) in [4.78, 5) is 22.7. The summed E-state index contributed by atoms with van der Waals surface area (Å²) >= 11 is 0. The Morgan fingerprint density at radius 3 is 2.60 bits per heavy atom. The van der Waals surface area contributed by atoms with E-state index in [9.17, 15) is 4.79 Å². The SMILES string of the molecule is Cc1cc(N(C)C)nc(NCCNC(=O)C(C)Oc2ccccc2)n1. The minimum absolute atomic E-state index is 0.162. The molecule has 0 aliphatic heterocycles. The molecular weight excluding hydrogens is 318 g/mol. The molecule has 1 atom stereocenters. The molecule has 2 rings (SSSR count). The van der Waals surface area contributed by atoms with E-state index >= 15 is 0 Å². The second-order valence-electron chi connectivity index (χ2n) is 5.88. The van der Waals surface area contributed by atoms with Gasteiger partial charge in [0.05, 0.1) is 0 Å². The number of rotatable bonds is 8. The molecule has 7 heteroatoms. The molecule has 0 bridgehead atoms. The molecule has 1 aromatic carbocycles. The Kier molecular flexibility index (Phi) is 6.56. The van der Waals surface area contributed by atoms with Gasteiger partial charge in [0.1, 0.15) is 11.6 Å². The van der Waals surface area contributed by atoms with Crippen molar-refractivity contribution in [3.63, 3.8) is 0 Å². The number of hydrogen-bond donors (Lipinski definition) is 2. The number of nitrogens with zero attached hydrogens (tertiary/aromatic N) is 3. The van der Waals surface area contributed by atoms with Gasteiger partial charge in [0.25, 0.3) is 5.91 Å². The van der Waals surface area contributed by atoms with Crippen molar-refractivity contribution in [2.75, 3.05) is 37.4 Å². The Bertz CT molecular complexity index is 691. The third-order valence-electron chi connectivity index (χ3n) is 3.43. The van der Waals surface area contributed by atoms with E-state index in [0.717, 1.165) is 11.5 Å². The van der Waals surface area contributed by atoms with Gasteiger partial charge in [-0.05, 0) is 26.0 Å². The fourth-order valence-electron chi connectivity index (χ4n) is 2.12. The van der Waals surface area contributed by atoms with Gasteiger partial charge >= 0.3 is 0 Å². The third-order valence-corrected chi connectivity index (χ3v) is 3.43. The van der Waals surface area contributed by atoms with E-state index in [1.54, 1.807) is 6.92 Å². The Hall–Kier alpha value is -2.83. The summed E-state index contributed by atoms with van der Waals surface area (Å²) in [6.45, 7) is 4.63. The number of carbonyl (C=O) groups excluding carboxylic acids is 1. The Labute approximate surface area is 148 Å². The molecule has 0 aliphatic carbocycles. The molecule has 1 aromatic heterocycles. The average molecular weight is 343 g/mol. The molecule has 0 fully saturated rings. The lowest BCUT2D eigenvalue weighted by Crippen LogP contribution is -2.38. The number of amides is 1. The highest BCUT2D eigenvalue weighted by molar-refractivity contribution is 5.80. The Balaban J connectivity index is 1.76. The van der Waals surface area contributed by atoms with Crippen LogP contribution in [0.1, 0.15) is 12.6 Å². The van der Waals surface area contributed by atoms with Crippen molar-refractivity contribution in [3.8, 4) is 5.75 Å². The predicted molar refractivity (Wildman–Crippen MR) is 99.1 cm³/mol. The lowest BCUT2D eigenvalue weighted by Gasteiger charge is -2.15. The maximum absolute atomic E-state index is 12.1. The van der Waals surface area contributed by atoms with Gasteiger partial charge in [0.2, 0.25) is 5.95 Å². The highest BCUT2D eigenvalue weighted by atomic mass is 16.5. The molecule has 0 aliphatic rings. The van der Waals surface area contributed by atoms with E-state index in [0.29, 0.717) is 24.8 Å². The van der Waals surface area contributed by atoms with Crippen LogP contribution in [0, 0.1) is 6.92 Å². The van der Waals surface area contributed by atoms with Crippen molar-refractivity contribution >= 4 is 17.7 Å². The van der Waals surface area contributed by atoms with Crippen LogP contribution in [-0.2, 0) is 4.79 Å². The topological polar surface area (TPSA) is 79.4 Å². The van der Waals surface area contributed by atoms with E-state index in [-0.39, 0.29) is 5.91 Å². The quantitative estimate of drug-likeness (QED) is 0.712. The Morgan fingerprint density at radius 2 is 1.92 bits per heavy atom. The van der Waals surface area contributed by atoms with Crippen LogP contribution in [0.4, 0.5) is 11.8 Å². The van der Waals surface area contributed by atoms with Crippen LogP contribution in [0.2, 0.25) is 0 Å². The molecule has 0 radical (unpaired) electrons. The lowest BCUT2D eigenvalue weighted by atomic mass is 10.3. The fourth-order valence-corrected chi connectivity index (χ4v) is 2.12. The Morgan fingerprint density at radius 1 is 1.20 bits per heavy atom. The number of benzene rings is 1. The molecule has 0 saturated carbocycles. The standard InChI is InChI=1S/C18H25N5O2/c1-13-12-16(23(3)4)22-18(21-13)20-11-10-19-17(24)14(2)25-15-8-6-5-7-9-15/h5-9,12,14H,10-11H2,1-4H3,(H,19,24)(H,20,21,22). The van der Waals surface area contributed by atoms with Crippen molar-refractivity contribution in [2.24, 2.45) is 0 Å². The van der Waals surface area contributed by atoms with Gasteiger partial charge in [0.15, 0.2) is 6.10 Å². The van der Waals surface area contributed by atoms with Crippen molar-refractivity contribution in [2.45, 2.75) is 20.0 Å². The number of aryl methyl sites for hydroxylation is 1. The monoisotopic (exact) mass is 343 g/mol. The fraction of sp³-hybridized carbons (Fsp3) is 0.389. The molecule has 0 saturated heterocycles. The largest absolute Gasteiger partial charge is 0.481 e. The van der Waals surface area contributed by atoms with Gasteiger partial charge in [-0.1, -0.05) is 18.2 Å². The van der Waals surface area contributed by atoms with Gasteiger partial charge in [-0.3, -0.25) is 4.79 Å². The van der Waals surface area contributed by atoms with Crippen LogP contribution in [0.25, 0.3) is 0 Å². The zero-order valence-electron chi connectivity index (χ0n) is 15.1. The second-order valence-corrected chi connectivity index (χ2v) is 5.88. The maximum Gasteiger partial charge on any atom is 0.260 e. The molecule has 134 valence electrons. The van der Waals surface area contributed by atoms with Crippen LogP contribution < -0.4 is 20.3 Å². The van der Waals surface area contributed by atoms with Crippen molar-refractivity contribution in [1.82, 2.24) is 15.3 Å². The number of ether oxygens (including phenoxy) is 1. The van der Waals surface area contributed by atoms with Crippen LogP contribution >= 0.6 is 0 Å². The molecule has 7 nitrogen and oxygen atoms in total. The van der Waals surface area contributed by atoms with E-state index < -0.39 is 6.10 Å². The van der Waals surface area contributed by atoms with Gasteiger partial charge in [-0.15, -0.1) is 0 Å². The zero-order chi connectivity index (χ0) is 18.2. The van der Waals surface area contributed by atoms with Crippen molar-refractivity contribution in [3.05, 3.63) is 42.1 Å². The van der Waals surface area contributed by atoms with Crippen molar-refractivity contribution in [1.29, 1.82) is 0 Å². The first kappa shape index (κ1) is 18.5. The summed E-state index contributed by atoms with van der Waals surface area (Å²) in [5, 5.41) is 5.95. The van der Waals surface area contributed by atoms with E-state index in [2.05, 4.69) is 20.6 Å². The number of anilines is 2. The number of aromatic nitrogens is 2. The summed E-state index contributed by atoms with van der Waals surface area (Å²) in [5.41, 5.74) is 0.884. The normalized spacial score (nSPS) is 11.5. The average Bonchev–Trinajstić information content (AvgIpc) is 2.58. The summed E-state index contributed by atoms with van der Waals surface area (Å²) < 4.78 is 5.59. The molecular formula is C18H25N5O2. The summed E-state index contributed by atoms with van der Waals surface area (Å²) in [5.74, 6) is 1.90. The van der Waals surface area contributed by atoms with E-state index in [1.165, 1.54) is 0 Å². The smallest absolute Gasteiger partial charge is 0.260 e. The number of nitrogens with one attached hydrogen (secondary N) is 2. The summed E-state index contributed by atoms with van der Waals surface area (Å²) in [6, 6.07) is 11.2. The zero-order valence-corrected chi connectivity index (χ0v) is 15.1. The van der Waals surface area contributed by atoms with Gasteiger partial charge < -0.3 is 20.3 Å². The highest BCUT2D eigenvalue weighted by Gasteiger charge is 2.13. The molecule has 25 heavy (non-hydrogen) atoms. The number of hydrogen-bond acceptors (Lipinski definition) is 6. The first-order valence-electron chi connectivity index (χ1n) is 8.22. The molecule has 2 aromatic rings. The van der Waals surface area contributed by atoms with Crippen LogP contribution in [0.3, 0.4) is 0 Å². The predicted octanol–water partition coefficient (Wildman–Crippen LogP) is 1.85. The summed E-state index contributed by atoms with van der Waals surface area (Å²) in [7, 11) is 3.86. The molecule has 1 amide bonds. The molecule has 2 N–H and O–H groups in total. The highest BCUT2D eigenvalue weighted by Crippen LogP contribution is 2.12. The lowest BCUT2D eigenvalue weighted by molar-refractivity contribution is -0.127. The minimum Gasteiger partial charge on any atom is -0.481 e. The molecule has 1 heterocycles. The number of para-hydroxylation sites is 1.